The fourth-order valence-corrected chi connectivity index (χ4v) is 3.22. The van der Waals surface area contributed by atoms with Gasteiger partial charge in [-0.3, -0.25) is 9.59 Å². The molecule has 3 rings (SSSR count). The first kappa shape index (κ1) is 21.8. The fourth-order valence-electron chi connectivity index (χ4n) is 2.83. The third kappa shape index (κ3) is 4.63. The third-order valence-electron chi connectivity index (χ3n) is 4.47. The van der Waals surface area contributed by atoms with Crippen molar-refractivity contribution in [3.8, 4) is 5.75 Å². The Labute approximate surface area is 180 Å². The summed E-state index contributed by atoms with van der Waals surface area (Å²) in [4.78, 5) is 24.2. The Morgan fingerprint density at radius 3 is 2.50 bits per heavy atom. The van der Waals surface area contributed by atoms with Gasteiger partial charge in [0.2, 0.25) is 5.91 Å². The highest BCUT2D eigenvalue weighted by atomic mass is 35.5. The van der Waals surface area contributed by atoms with Crippen LogP contribution in [0.3, 0.4) is 0 Å². The summed E-state index contributed by atoms with van der Waals surface area (Å²) in [5.74, 6) is -2.02. The first-order valence-electron chi connectivity index (χ1n) is 8.72. The van der Waals surface area contributed by atoms with Crippen LogP contribution in [0.4, 0.5) is 8.78 Å². The molecule has 0 saturated heterocycles. The van der Waals surface area contributed by atoms with Crippen LogP contribution >= 0.6 is 23.2 Å². The lowest BCUT2D eigenvalue weighted by Gasteiger charge is -2.15. The number of ether oxygens (including phenoxy) is 1. The van der Waals surface area contributed by atoms with E-state index in [9.17, 15) is 18.4 Å². The van der Waals surface area contributed by atoms with Crippen molar-refractivity contribution in [3.63, 3.8) is 0 Å². The van der Waals surface area contributed by atoms with Crippen molar-refractivity contribution in [1.29, 1.82) is 0 Å². The lowest BCUT2D eigenvalue weighted by Crippen LogP contribution is -2.24. The van der Waals surface area contributed by atoms with Crippen molar-refractivity contribution in [2.75, 3.05) is 0 Å². The van der Waals surface area contributed by atoms with Gasteiger partial charge in [0.15, 0.2) is 0 Å². The van der Waals surface area contributed by atoms with E-state index >= 15 is 0 Å². The van der Waals surface area contributed by atoms with Crippen LogP contribution in [0.15, 0.2) is 47.3 Å². The van der Waals surface area contributed by atoms with Gasteiger partial charge < -0.3 is 15.0 Å². The Kier molecular flexibility index (Phi) is 6.43. The molecule has 3 aromatic rings. The minimum atomic E-state index is -0.764. The summed E-state index contributed by atoms with van der Waals surface area (Å²) < 4.78 is 33.7. The lowest BCUT2D eigenvalue weighted by molar-refractivity contribution is 0.1000. The van der Waals surface area contributed by atoms with Crippen molar-refractivity contribution < 1.29 is 18.3 Å². The fraction of sp³-hybridized carbons (Fsp3) is 0.143. The number of carbonyl (C=O) groups excluding carboxylic acids is 1. The largest absolute Gasteiger partial charge is 0.487 e. The zero-order chi connectivity index (χ0) is 22.0. The molecule has 1 aromatic heterocycles. The molecule has 156 valence electrons. The van der Waals surface area contributed by atoms with Crippen molar-refractivity contribution in [2.24, 2.45) is 5.73 Å². The topological polar surface area (TPSA) is 74.3 Å². The van der Waals surface area contributed by atoms with Gasteiger partial charge in [0, 0.05) is 34.0 Å². The molecule has 0 aliphatic heterocycles. The number of hydrogen-bond donors (Lipinski definition) is 1. The van der Waals surface area contributed by atoms with E-state index in [0.717, 1.165) is 12.1 Å². The minimum Gasteiger partial charge on any atom is -0.487 e. The molecule has 0 spiro atoms. The number of primary amides is 1. The summed E-state index contributed by atoms with van der Waals surface area (Å²) in [6.07, 6.45) is 0. The third-order valence-corrected chi connectivity index (χ3v) is 5.19. The molecule has 5 nitrogen and oxygen atoms in total. The monoisotopic (exact) mass is 452 g/mol. The van der Waals surface area contributed by atoms with Crippen molar-refractivity contribution >= 4 is 29.1 Å². The number of nitrogens with two attached hydrogens (primary N) is 1. The second kappa shape index (κ2) is 8.85. The molecule has 0 atom stereocenters. The van der Waals surface area contributed by atoms with E-state index in [1.54, 1.807) is 6.92 Å². The molecular formula is C21H16Cl2F2N2O3. The second-order valence-electron chi connectivity index (χ2n) is 6.55. The summed E-state index contributed by atoms with van der Waals surface area (Å²) in [5.41, 5.74) is 6.13. The van der Waals surface area contributed by atoms with Gasteiger partial charge in [-0.15, -0.1) is 0 Å². The number of hydrogen-bond acceptors (Lipinski definition) is 3. The highest BCUT2D eigenvalue weighted by molar-refractivity contribution is 6.32. The molecule has 2 N–H and O–H groups in total. The molecule has 1 amide bonds. The normalized spacial score (nSPS) is 10.8. The van der Waals surface area contributed by atoms with E-state index in [1.165, 1.54) is 34.9 Å². The van der Waals surface area contributed by atoms with Gasteiger partial charge in [0.1, 0.15) is 29.0 Å². The molecule has 1 heterocycles. The van der Waals surface area contributed by atoms with Gasteiger partial charge in [-0.2, -0.15) is 0 Å². The Morgan fingerprint density at radius 1 is 1.10 bits per heavy atom. The quantitative estimate of drug-likeness (QED) is 0.599. The first-order chi connectivity index (χ1) is 14.2. The number of aryl methyl sites for hydroxylation is 1. The summed E-state index contributed by atoms with van der Waals surface area (Å²) in [5, 5.41) is 0.153. The zero-order valence-corrected chi connectivity index (χ0v) is 17.2. The molecular weight excluding hydrogens is 437 g/mol. The van der Waals surface area contributed by atoms with Crippen LogP contribution in [0.25, 0.3) is 0 Å². The van der Waals surface area contributed by atoms with Crippen molar-refractivity contribution in [3.05, 3.63) is 96.9 Å². The van der Waals surface area contributed by atoms with Gasteiger partial charge in [-0.05, 0) is 42.8 Å². The smallest absolute Gasteiger partial charge is 0.273 e. The van der Waals surface area contributed by atoms with Crippen molar-refractivity contribution in [2.45, 2.75) is 20.1 Å². The van der Waals surface area contributed by atoms with Gasteiger partial charge >= 0.3 is 0 Å². The Balaban J connectivity index is 1.89. The molecule has 0 bridgehead atoms. The van der Waals surface area contributed by atoms with Gasteiger partial charge in [-0.25, -0.2) is 8.78 Å². The summed E-state index contributed by atoms with van der Waals surface area (Å²) in [6.45, 7) is 1.48. The minimum absolute atomic E-state index is 0.0528. The molecule has 0 unspecified atom stereocenters. The number of pyridine rings is 1. The maximum absolute atomic E-state index is 13.8. The summed E-state index contributed by atoms with van der Waals surface area (Å²) in [6, 6.07) is 9.14. The number of nitrogens with zero attached hydrogens (tertiary/aromatic N) is 1. The molecule has 9 heteroatoms. The average molecular weight is 453 g/mol. The van der Waals surface area contributed by atoms with E-state index in [0.29, 0.717) is 16.3 Å². The predicted octanol–water partition coefficient (Wildman–Crippen LogP) is 4.47. The predicted molar refractivity (Wildman–Crippen MR) is 110 cm³/mol. The van der Waals surface area contributed by atoms with E-state index in [2.05, 4.69) is 0 Å². The number of aromatic nitrogens is 1. The first-order valence-corrected chi connectivity index (χ1v) is 9.48. The Bertz CT molecular complexity index is 1200. The van der Waals surface area contributed by atoms with Crippen molar-refractivity contribution in [1.82, 2.24) is 4.57 Å². The Hall–Kier alpha value is -2.90. The van der Waals surface area contributed by atoms with Gasteiger partial charge in [0.05, 0.1) is 6.54 Å². The molecule has 0 radical (unpaired) electrons. The summed E-state index contributed by atoms with van der Waals surface area (Å²) >= 11 is 12.4. The molecule has 30 heavy (non-hydrogen) atoms. The molecule has 2 aromatic carbocycles. The van der Waals surface area contributed by atoms with Crippen LogP contribution in [0, 0.1) is 18.6 Å². The van der Waals surface area contributed by atoms with E-state index in [4.69, 9.17) is 33.7 Å². The van der Waals surface area contributed by atoms with Crippen LogP contribution in [0.2, 0.25) is 10.0 Å². The zero-order valence-electron chi connectivity index (χ0n) is 15.7. The van der Waals surface area contributed by atoms with E-state index in [-0.39, 0.29) is 35.1 Å². The van der Waals surface area contributed by atoms with Crippen LogP contribution in [-0.2, 0) is 13.2 Å². The standard InChI is InChI=1S/C21H16Cl2F2N2O3/c1-11-6-18(30-10-13-2-4-15(24)8-17(13)25)19(23)21(29)27(11)9-14-7-12(20(26)28)3-5-16(14)22/h2-8H,9-10H2,1H3,(H2,26,28). The lowest BCUT2D eigenvalue weighted by atomic mass is 10.1. The molecule has 0 aliphatic rings. The highest BCUT2D eigenvalue weighted by Gasteiger charge is 2.15. The Morgan fingerprint density at radius 2 is 1.83 bits per heavy atom. The number of carbonyl (C=O) groups is 1. The van der Waals surface area contributed by atoms with Crippen LogP contribution in [-0.4, -0.2) is 10.5 Å². The average Bonchev–Trinajstić information content (AvgIpc) is 2.69. The summed E-state index contributed by atoms with van der Waals surface area (Å²) in [7, 11) is 0. The SMILES string of the molecule is Cc1cc(OCc2ccc(F)cc2F)c(Cl)c(=O)n1Cc1cc(C(N)=O)ccc1Cl. The maximum Gasteiger partial charge on any atom is 0.273 e. The number of amides is 1. The molecule has 0 saturated carbocycles. The van der Waals surface area contributed by atoms with Crippen LogP contribution < -0.4 is 16.0 Å². The maximum atomic E-state index is 13.8. The van der Waals surface area contributed by atoms with Gasteiger partial charge in [0.25, 0.3) is 5.56 Å². The highest BCUT2D eigenvalue weighted by Crippen LogP contribution is 2.25. The van der Waals surface area contributed by atoms with E-state index in [1.807, 2.05) is 0 Å². The molecule has 0 aliphatic carbocycles. The molecule has 0 fully saturated rings. The van der Waals surface area contributed by atoms with Crippen LogP contribution in [0.1, 0.15) is 27.2 Å². The van der Waals surface area contributed by atoms with Crippen LogP contribution in [0.5, 0.6) is 5.75 Å². The number of benzene rings is 2. The number of rotatable bonds is 6. The second-order valence-corrected chi connectivity index (χ2v) is 7.34. The number of halogens is 4. The van der Waals surface area contributed by atoms with Gasteiger partial charge in [-0.1, -0.05) is 23.2 Å². The van der Waals surface area contributed by atoms with E-state index < -0.39 is 23.1 Å².